The Hall–Kier alpha value is -3.55. The molecule has 8 nitrogen and oxygen atoms in total. The van der Waals surface area contributed by atoms with Crippen LogP contribution in [0.3, 0.4) is 0 Å². The third kappa shape index (κ3) is 5.87. The minimum Gasteiger partial charge on any atom is -0.507 e. The first-order valence-corrected chi connectivity index (χ1v) is 11.6. The number of hydrogen-bond donors (Lipinski definition) is 2. The molecule has 1 fully saturated rings. The van der Waals surface area contributed by atoms with E-state index in [0.717, 1.165) is 36.8 Å². The van der Waals surface area contributed by atoms with Gasteiger partial charge in [-0.15, -0.1) is 0 Å². The molecule has 2 aromatic rings. The topological polar surface area (TPSA) is 105 Å². The maximum Gasteiger partial charge on any atom is 0.397 e. The SMILES string of the molecule is CCOC(=O)C(=O)Nc1cc(C)c(Oc2ccc(O)c(C(=O)N(C)C3CCCCC3)c2)c(C)c1. The molecule has 2 amide bonds. The molecule has 1 saturated carbocycles. The second-order valence-electron chi connectivity index (χ2n) is 8.60. The number of carbonyl (C=O) groups excluding carboxylic acids is 3. The van der Waals surface area contributed by atoms with Gasteiger partial charge in [0.1, 0.15) is 17.2 Å². The second kappa shape index (κ2) is 11.0. The van der Waals surface area contributed by atoms with E-state index < -0.39 is 11.9 Å². The Morgan fingerprint density at radius 3 is 2.32 bits per heavy atom. The fourth-order valence-corrected chi connectivity index (χ4v) is 4.25. The third-order valence-corrected chi connectivity index (χ3v) is 6.04. The maximum atomic E-state index is 13.1. The lowest BCUT2D eigenvalue weighted by Gasteiger charge is -2.31. The molecule has 0 radical (unpaired) electrons. The Labute approximate surface area is 199 Å². The molecule has 3 rings (SSSR count). The van der Waals surface area contributed by atoms with Crippen molar-refractivity contribution in [1.82, 2.24) is 4.90 Å². The van der Waals surface area contributed by atoms with Crippen LogP contribution in [0, 0.1) is 13.8 Å². The number of aryl methyl sites for hydroxylation is 2. The molecule has 0 bridgehead atoms. The van der Waals surface area contributed by atoms with Crippen molar-refractivity contribution in [3.8, 4) is 17.2 Å². The van der Waals surface area contributed by atoms with E-state index in [-0.39, 0.29) is 29.9 Å². The molecule has 0 aromatic heterocycles. The molecule has 0 saturated heterocycles. The van der Waals surface area contributed by atoms with Gasteiger partial charge in [-0.25, -0.2) is 4.79 Å². The van der Waals surface area contributed by atoms with Crippen LogP contribution in [0.25, 0.3) is 0 Å². The molecule has 1 aliphatic rings. The summed E-state index contributed by atoms with van der Waals surface area (Å²) in [7, 11) is 1.78. The van der Waals surface area contributed by atoms with Gasteiger partial charge in [-0.3, -0.25) is 9.59 Å². The van der Waals surface area contributed by atoms with Gasteiger partial charge in [0, 0.05) is 18.8 Å². The minimum absolute atomic E-state index is 0.0921. The number of esters is 1. The van der Waals surface area contributed by atoms with E-state index >= 15 is 0 Å². The molecule has 2 N–H and O–H groups in total. The molecule has 2 aromatic carbocycles. The van der Waals surface area contributed by atoms with E-state index in [4.69, 9.17) is 9.47 Å². The largest absolute Gasteiger partial charge is 0.507 e. The highest BCUT2D eigenvalue weighted by Crippen LogP contribution is 2.34. The molecule has 1 aliphatic carbocycles. The summed E-state index contributed by atoms with van der Waals surface area (Å²) in [5.41, 5.74) is 2.08. The summed E-state index contributed by atoms with van der Waals surface area (Å²) < 4.78 is 10.8. The first-order chi connectivity index (χ1) is 16.2. The number of phenolic OH excluding ortho intramolecular Hbond substituents is 1. The average Bonchev–Trinajstić information content (AvgIpc) is 2.82. The normalized spacial score (nSPS) is 13.8. The maximum absolute atomic E-state index is 13.1. The van der Waals surface area contributed by atoms with Gasteiger partial charge in [0.2, 0.25) is 0 Å². The molecule has 0 heterocycles. The number of carbonyl (C=O) groups is 3. The van der Waals surface area contributed by atoms with Crippen LogP contribution in [-0.2, 0) is 14.3 Å². The number of amides is 2. The molecule has 0 aliphatic heterocycles. The fourth-order valence-electron chi connectivity index (χ4n) is 4.25. The van der Waals surface area contributed by atoms with Gasteiger partial charge < -0.3 is 24.8 Å². The predicted molar refractivity (Wildman–Crippen MR) is 128 cm³/mol. The summed E-state index contributed by atoms with van der Waals surface area (Å²) in [6.45, 7) is 5.37. The van der Waals surface area contributed by atoms with Gasteiger partial charge in [-0.2, -0.15) is 0 Å². The predicted octanol–water partition coefficient (Wildman–Crippen LogP) is 4.71. The summed E-state index contributed by atoms with van der Waals surface area (Å²) in [5, 5.41) is 12.9. The Morgan fingerprint density at radius 1 is 1.06 bits per heavy atom. The van der Waals surface area contributed by atoms with Crippen molar-refractivity contribution >= 4 is 23.5 Å². The van der Waals surface area contributed by atoms with Crippen molar-refractivity contribution in [3.05, 3.63) is 47.0 Å². The number of rotatable bonds is 6. The first-order valence-electron chi connectivity index (χ1n) is 11.6. The van der Waals surface area contributed by atoms with E-state index in [1.54, 1.807) is 43.1 Å². The number of benzene rings is 2. The molecule has 0 spiro atoms. The summed E-state index contributed by atoms with van der Waals surface area (Å²) in [6.07, 6.45) is 5.34. The molecule has 34 heavy (non-hydrogen) atoms. The molecule has 0 atom stereocenters. The number of phenols is 1. The summed E-state index contributed by atoms with van der Waals surface area (Å²) in [5.74, 6) is -1.16. The van der Waals surface area contributed by atoms with E-state index in [1.807, 2.05) is 13.8 Å². The summed E-state index contributed by atoms with van der Waals surface area (Å²) in [4.78, 5) is 38.3. The van der Waals surface area contributed by atoms with Crippen LogP contribution in [0.15, 0.2) is 30.3 Å². The first kappa shape index (κ1) is 25.1. The Kier molecular flexibility index (Phi) is 8.15. The Balaban J connectivity index is 1.78. The van der Waals surface area contributed by atoms with Crippen LogP contribution in [0.1, 0.15) is 60.5 Å². The van der Waals surface area contributed by atoms with Crippen molar-refractivity contribution in [3.63, 3.8) is 0 Å². The zero-order valence-corrected chi connectivity index (χ0v) is 20.1. The monoisotopic (exact) mass is 468 g/mol. The van der Waals surface area contributed by atoms with Crippen molar-refractivity contribution in [1.29, 1.82) is 0 Å². The summed E-state index contributed by atoms with van der Waals surface area (Å²) in [6, 6.07) is 8.14. The zero-order valence-electron chi connectivity index (χ0n) is 20.1. The van der Waals surface area contributed by atoms with Crippen molar-refractivity contribution in [2.24, 2.45) is 0 Å². The highest BCUT2D eigenvalue weighted by atomic mass is 16.5. The number of ether oxygens (including phenoxy) is 2. The zero-order chi connectivity index (χ0) is 24.8. The fraction of sp³-hybridized carbons (Fsp3) is 0.423. The molecule has 0 unspecified atom stereocenters. The number of aromatic hydroxyl groups is 1. The van der Waals surface area contributed by atoms with Gasteiger partial charge in [-0.1, -0.05) is 19.3 Å². The van der Waals surface area contributed by atoms with Crippen molar-refractivity contribution < 1.29 is 29.0 Å². The van der Waals surface area contributed by atoms with E-state index in [0.29, 0.717) is 17.2 Å². The van der Waals surface area contributed by atoms with Gasteiger partial charge in [0.15, 0.2) is 0 Å². The lowest BCUT2D eigenvalue weighted by molar-refractivity contribution is -0.152. The highest BCUT2D eigenvalue weighted by molar-refractivity contribution is 6.37. The van der Waals surface area contributed by atoms with E-state index in [9.17, 15) is 19.5 Å². The summed E-state index contributed by atoms with van der Waals surface area (Å²) >= 11 is 0. The molecular formula is C26H32N2O6. The number of nitrogens with one attached hydrogen (secondary N) is 1. The third-order valence-electron chi connectivity index (χ3n) is 6.04. The van der Waals surface area contributed by atoms with Gasteiger partial charge in [0.05, 0.1) is 12.2 Å². The van der Waals surface area contributed by atoms with Crippen LogP contribution in [0.5, 0.6) is 17.2 Å². The molecule has 182 valence electrons. The standard InChI is InChI=1S/C26H32N2O6/c1-5-33-26(32)24(30)27-18-13-16(2)23(17(3)14-18)34-20-11-12-22(29)21(15-20)25(31)28(4)19-9-7-6-8-10-19/h11-15,19,29H,5-10H2,1-4H3,(H,27,30). The highest BCUT2D eigenvalue weighted by Gasteiger charge is 2.25. The van der Waals surface area contributed by atoms with E-state index in [1.165, 1.54) is 12.5 Å². The van der Waals surface area contributed by atoms with Gasteiger partial charge >= 0.3 is 11.9 Å². The number of hydrogen-bond acceptors (Lipinski definition) is 6. The van der Waals surface area contributed by atoms with Crippen LogP contribution < -0.4 is 10.1 Å². The average molecular weight is 469 g/mol. The second-order valence-corrected chi connectivity index (χ2v) is 8.60. The Bertz CT molecular complexity index is 1050. The van der Waals surface area contributed by atoms with Crippen LogP contribution in [0.4, 0.5) is 5.69 Å². The van der Waals surface area contributed by atoms with Gasteiger partial charge in [-0.05, 0) is 75.1 Å². The molecular weight excluding hydrogens is 436 g/mol. The minimum atomic E-state index is -0.947. The smallest absolute Gasteiger partial charge is 0.397 e. The van der Waals surface area contributed by atoms with Crippen LogP contribution >= 0.6 is 0 Å². The number of anilines is 1. The van der Waals surface area contributed by atoms with Crippen LogP contribution in [-0.4, -0.2) is 47.5 Å². The number of nitrogens with zero attached hydrogens (tertiary/aromatic N) is 1. The Morgan fingerprint density at radius 2 is 1.71 bits per heavy atom. The lowest BCUT2D eigenvalue weighted by Crippen LogP contribution is -2.38. The lowest BCUT2D eigenvalue weighted by atomic mass is 9.94. The van der Waals surface area contributed by atoms with Crippen molar-refractivity contribution in [2.45, 2.75) is 58.9 Å². The van der Waals surface area contributed by atoms with Gasteiger partial charge in [0.25, 0.3) is 5.91 Å². The molecule has 8 heteroatoms. The van der Waals surface area contributed by atoms with Crippen molar-refractivity contribution in [2.75, 3.05) is 19.0 Å². The van der Waals surface area contributed by atoms with Crippen LogP contribution in [0.2, 0.25) is 0 Å². The quantitative estimate of drug-likeness (QED) is 0.470. The van der Waals surface area contributed by atoms with E-state index in [2.05, 4.69) is 5.32 Å².